The first-order chi connectivity index (χ1) is 7.67. The second-order valence-electron chi connectivity index (χ2n) is 3.05. The molecule has 0 unspecified atom stereocenters. The first kappa shape index (κ1) is 12.4. The first-order valence-electron chi connectivity index (χ1n) is 5.10. The van der Waals surface area contributed by atoms with Crippen LogP contribution in [0.2, 0.25) is 0 Å². The molecule has 0 saturated carbocycles. The molecule has 0 radical (unpaired) electrons. The van der Waals surface area contributed by atoms with E-state index in [1.54, 1.807) is 6.92 Å². The van der Waals surface area contributed by atoms with E-state index in [1.807, 2.05) is 6.92 Å². The van der Waals surface area contributed by atoms with Gasteiger partial charge in [-0.25, -0.2) is 9.18 Å². The van der Waals surface area contributed by atoms with Gasteiger partial charge in [0.05, 0.1) is 18.5 Å². The van der Waals surface area contributed by atoms with Crippen molar-refractivity contribution < 1.29 is 18.7 Å². The normalized spacial score (nSPS) is 9.94. The van der Waals surface area contributed by atoms with Crippen LogP contribution in [0, 0.1) is 5.82 Å². The van der Waals surface area contributed by atoms with Crippen molar-refractivity contribution in [3.8, 4) is 5.75 Å². The third-order valence-corrected chi connectivity index (χ3v) is 1.89. The van der Waals surface area contributed by atoms with Gasteiger partial charge >= 0.3 is 5.97 Å². The van der Waals surface area contributed by atoms with Crippen molar-refractivity contribution in [2.45, 2.75) is 20.3 Å². The molecule has 0 bridgehead atoms. The molecular weight excluding hydrogens is 213 g/mol. The number of esters is 1. The van der Waals surface area contributed by atoms with E-state index in [2.05, 4.69) is 9.72 Å². The minimum atomic E-state index is -0.484. The molecule has 1 aromatic heterocycles. The highest BCUT2D eigenvalue weighted by atomic mass is 19.1. The molecule has 1 aromatic rings. The van der Waals surface area contributed by atoms with Crippen molar-refractivity contribution in [3.05, 3.63) is 23.8 Å². The zero-order valence-electron chi connectivity index (χ0n) is 9.33. The number of hydrogen-bond acceptors (Lipinski definition) is 4. The maximum absolute atomic E-state index is 13.3. The largest absolute Gasteiger partial charge is 0.480 e. The van der Waals surface area contributed by atoms with Crippen LogP contribution in [-0.2, 0) is 16.0 Å². The van der Waals surface area contributed by atoms with E-state index in [-0.39, 0.29) is 12.4 Å². The molecular formula is C11H14FNO3. The standard InChI is InChI=1S/C11H14FNO3/c1-3-10-9(12)5-8(6-13-10)16-7-11(14)15-4-2/h5-6H,3-4,7H2,1-2H3. The highest BCUT2D eigenvalue weighted by Crippen LogP contribution is 2.14. The summed E-state index contributed by atoms with van der Waals surface area (Å²) < 4.78 is 22.9. The monoisotopic (exact) mass is 227 g/mol. The van der Waals surface area contributed by atoms with Crippen molar-refractivity contribution in [1.82, 2.24) is 4.98 Å². The fraction of sp³-hybridized carbons (Fsp3) is 0.455. The predicted octanol–water partition coefficient (Wildman–Crippen LogP) is 1.72. The van der Waals surface area contributed by atoms with Crippen molar-refractivity contribution in [3.63, 3.8) is 0 Å². The molecule has 0 aliphatic carbocycles. The van der Waals surface area contributed by atoms with Crippen molar-refractivity contribution in [1.29, 1.82) is 0 Å². The van der Waals surface area contributed by atoms with Gasteiger partial charge in [-0.1, -0.05) is 6.92 Å². The molecule has 0 atom stereocenters. The Hall–Kier alpha value is -1.65. The summed E-state index contributed by atoms with van der Waals surface area (Å²) in [6.45, 7) is 3.57. The van der Waals surface area contributed by atoms with Crippen LogP contribution in [0.15, 0.2) is 12.3 Å². The third-order valence-electron chi connectivity index (χ3n) is 1.89. The third kappa shape index (κ3) is 3.49. The molecule has 0 saturated heterocycles. The van der Waals surface area contributed by atoms with Crippen LogP contribution >= 0.6 is 0 Å². The van der Waals surface area contributed by atoms with Gasteiger partial charge in [-0.15, -0.1) is 0 Å². The number of nitrogens with zero attached hydrogens (tertiary/aromatic N) is 1. The second kappa shape index (κ2) is 6.05. The summed E-state index contributed by atoms with van der Waals surface area (Å²) >= 11 is 0. The Morgan fingerprint density at radius 2 is 2.25 bits per heavy atom. The van der Waals surface area contributed by atoms with Crippen LogP contribution in [0.4, 0.5) is 4.39 Å². The van der Waals surface area contributed by atoms with E-state index in [1.165, 1.54) is 12.3 Å². The quantitative estimate of drug-likeness (QED) is 0.719. The second-order valence-corrected chi connectivity index (χ2v) is 3.05. The van der Waals surface area contributed by atoms with Gasteiger partial charge in [-0.3, -0.25) is 4.98 Å². The average Bonchev–Trinajstić information content (AvgIpc) is 2.27. The highest BCUT2D eigenvalue weighted by Gasteiger charge is 2.06. The van der Waals surface area contributed by atoms with E-state index in [4.69, 9.17) is 4.74 Å². The summed E-state index contributed by atoms with van der Waals surface area (Å²) in [5.41, 5.74) is 0.378. The fourth-order valence-corrected chi connectivity index (χ4v) is 1.13. The number of aryl methyl sites for hydroxylation is 1. The van der Waals surface area contributed by atoms with Gasteiger partial charge in [-0.05, 0) is 13.3 Å². The lowest BCUT2D eigenvalue weighted by Crippen LogP contribution is -2.14. The Bertz CT molecular complexity index is 368. The molecule has 0 aliphatic rings. The average molecular weight is 227 g/mol. The minimum Gasteiger partial charge on any atom is -0.480 e. The maximum Gasteiger partial charge on any atom is 0.344 e. The number of ether oxygens (including phenoxy) is 2. The first-order valence-corrected chi connectivity index (χ1v) is 5.10. The molecule has 16 heavy (non-hydrogen) atoms. The predicted molar refractivity (Wildman–Crippen MR) is 55.7 cm³/mol. The summed E-state index contributed by atoms with van der Waals surface area (Å²) in [4.78, 5) is 14.8. The number of carbonyl (C=O) groups excluding carboxylic acids is 1. The van der Waals surface area contributed by atoms with Crippen LogP contribution in [0.3, 0.4) is 0 Å². The van der Waals surface area contributed by atoms with Gasteiger partial charge in [0, 0.05) is 6.07 Å². The Kier molecular flexibility index (Phi) is 4.69. The van der Waals surface area contributed by atoms with Crippen molar-refractivity contribution in [2.75, 3.05) is 13.2 Å². The topological polar surface area (TPSA) is 48.4 Å². The molecule has 1 rings (SSSR count). The lowest BCUT2D eigenvalue weighted by molar-refractivity contribution is -0.145. The zero-order valence-corrected chi connectivity index (χ0v) is 9.33. The molecule has 0 spiro atoms. The van der Waals surface area contributed by atoms with Crippen LogP contribution in [0.25, 0.3) is 0 Å². The van der Waals surface area contributed by atoms with Gasteiger partial charge in [0.1, 0.15) is 11.6 Å². The summed E-state index contributed by atoms with van der Waals surface area (Å²) in [7, 11) is 0. The van der Waals surface area contributed by atoms with Crippen LogP contribution in [0.5, 0.6) is 5.75 Å². The van der Waals surface area contributed by atoms with Gasteiger partial charge in [0.15, 0.2) is 6.61 Å². The number of hydrogen-bond donors (Lipinski definition) is 0. The minimum absolute atomic E-state index is 0.225. The summed E-state index contributed by atoms with van der Waals surface area (Å²) in [5, 5.41) is 0. The molecule has 0 amide bonds. The van der Waals surface area contributed by atoms with Crippen LogP contribution in [-0.4, -0.2) is 24.2 Å². The van der Waals surface area contributed by atoms with E-state index >= 15 is 0 Å². The Balaban J connectivity index is 2.55. The molecule has 5 heteroatoms. The van der Waals surface area contributed by atoms with Crippen molar-refractivity contribution in [2.24, 2.45) is 0 Å². The molecule has 0 fully saturated rings. The highest BCUT2D eigenvalue weighted by molar-refractivity contribution is 5.71. The SMILES string of the molecule is CCOC(=O)COc1cnc(CC)c(F)c1. The van der Waals surface area contributed by atoms with Gasteiger partial charge in [-0.2, -0.15) is 0 Å². The lowest BCUT2D eigenvalue weighted by atomic mass is 10.3. The summed E-state index contributed by atoms with van der Waals surface area (Å²) in [6, 6.07) is 1.21. The van der Waals surface area contributed by atoms with Gasteiger partial charge in [0.2, 0.25) is 0 Å². The van der Waals surface area contributed by atoms with Crippen molar-refractivity contribution >= 4 is 5.97 Å². The van der Waals surface area contributed by atoms with Gasteiger partial charge in [0.25, 0.3) is 0 Å². The molecule has 1 heterocycles. The Labute approximate surface area is 93.4 Å². The zero-order chi connectivity index (χ0) is 12.0. The van der Waals surface area contributed by atoms with E-state index in [9.17, 15) is 9.18 Å². The van der Waals surface area contributed by atoms with Gasteiger partial charge < -0.3 is 9.47 Å². The molecule has 0 N–H and O–H groups in total. The Morgan fingerprint density at radius 3 is 2.81 bits per heavy atom. The van der Waals surface area contributed by atoms with E-state index in [0.717, 1.165) is 0 Å². The smallest absolute Gasteiger partial charge is 0.344 e. The number of pyridine rings is 1. The maximum atomic E-state index is 13.3. The Morgan fingerprint density at radius 1 is 1.50 bits per heavy atom. The molecule has 88 valence electrons. The lowest BCUT2D eigenvalue weighted by Gasteiger charge is -2.06. The molecule has 0 aromatic carbocycles. The summed E-state index contributed by atoms with van der Waals surface area (Å²) in [5.74, 6) is -0.686. The fourth-order valence-electron chi connectivity index (χ4n) is 1.13. The van der Waals surface area contributed by atoms with E-state index in [0.29, 0.717) is 18.7 Å². The molecule has 4 nitrogen and oxygen atoms in total. The number of rotatable bonds is 5. The number of carbonyl (C=O) groups is 1. The number of halogens is 1. The van der Waals surface area contributed by atoms with Crippen LogP contribution < -0.4 is 4.74 Å². The van der Waals surface area contributed by atoms with Crippen LogP contribution in [0.1, 0.15) is 19.5 Å². The van der Waals surface area contributed by atoms with E-state index < -0.39 is 11.8 Å². The number of aromatic nitrogens is 1. The molecule has 0 aliphatic heterocycles. The summed E-state index contributed by atoms with van der Waals surface area (Å²) in [6.07, 6.45) is 1.91.